The minimum atomic E-state index is -0.254. The van der Waals surface area contributed by atoms with E-state index in [2.05, 4.69) is 16.9 Å². The quantitative estimate of drug-likeness (QED) is 0.640. The molecule has 0 bridgehead atoms. The fourth-order valence-electron chi connectivity index (χ4n) is 0.863. The van der Waals surface area contributed by atoms with Gasteiger partial charge in [-0.25, -0.2) is 4.98 Å². The van der Waals surface area contributed by atoms with Gasteiger partial charge in [-0.3, -0.25) is 4.79 Å². The molecule has 0 aliphatic heterocycles. The molecule has 1 heterocycles. The number of nitrogens with zero attached hydrogens (tertiary/aromatic N) is 1. The molecule has 1 amide bonds. The monoisotopic (exact) mass is 230 g/mol. The topological polar surface area (TPSA) is 42.0 Å². The number of carbonyl (C=O) groups excluding carboxylic acids is 1. The molecule has 0 unspecified atom stereocenters. The maximum absolute atomic E-state index is 11.4. The zero-order valence-corrected chi connectivity index (χ0v) is 8.77. The van der Waals surface area contributed by atoms with Crippen molar-refractivity contribution in [1.82, 2.24) is 10.3 Å². The molecule has 1 N–H and O–H groups in total. The van der Waals surface area contributed by atoms with Gasteiger partial charge in [0.2, 0.25) is 0 Å². The number of carbonyl (C=O) groups is 1. The highest BCUT2D eigenvalue weighted by Crippen LogP contribution is 2.14. The largest absolute Gasteiger partial charge is 0.349 e. The zero-order chi connectivity index (χ0) is 10.6. The average Bonchev–Trinajstić information content (AvgIpc) is 2.12. The molecule has 3 nitrogen and oxygen atoms in total. The predicted octanol–water partition coefficient (Wildman–Crippen LogP) is 2.30. The van der Waals surface area contributed by atoms with Gasteiger partial charge >= 0.3 is 0 Å². The molecule has 0 spiro atoms. The summed E-state index contributed by atoms with van der Waals surface area (Å²) in [6.07, 6.45) is 1.59. The smallest absolute Gasteiger partial charge is 0.251 e. The first kappa shape index (κ1) is 11.0. The van der Waals surface area contributed by atoms with Gasteiger partial charge in [0, 0.05) is 12.1 Å². The first-order valence-corrected chi connectivity index (χ1v) is 4.61. The molecule has 14 heavy (non-hydrogen) atoms. The Kier molecular flexibility index (Phi) is 3.92. The highest BCUT2D eigenvalue weighted by molar-refractivity contribution is 6.33. The van der Waals surface area contributed by atoms with E-state index in [0.29, 0.717) is 12.1 Å². The van der Waals surface area contributed by atoms with Crippen LogP contribution in [0.2, 0.25) is 10.3 Å². The number of hydrogen-bond donors (Lipinski definition) is 1. The summed E-state index contributed by atoms with van der Waals surface area (Å²) in [5.74, 6) is -0.254. The van der Waals surface area contributed by atoms with Crippen molar-refractivity contribution < 1.29 is 4.79 Å². The normalized spacial score (nSPS) is 9.57. The standard InChI is InChI=1S/C9H8Cl2N2O/c1-2-3-12-9(14)6-4-7(10)13-8(11)5-6/h2,4-5H,1,3H2,(H,12,14). The average molecular weight is 231 g/mol. The van der Waals surface area contributed by atoms with Crippen molar-refractivity contribution in [3.8, 4) is 0 Å². The van der Waals surface area contributed by atoms with Crippen molar-refractivity contribution in [2.45, 2.75) is 0 Å². The van der Waals surface area contributed by atoms with Crippen LogP contribution < -0.4 is 5.32 Å². The van der Waals surface area contributed by atoms with Crippen molar-refractivity contribution in [1.29, 1.82) is 0 Å². The lowest BCUT2D eigenvalue weighted by atomic mass is 10.2. The van der Waals surface area contributed by atoms with Gasteiger partial charge in [0.05, 0.1) is 0 Å². The van der Waals surface area contributed by atoms with E-state index < -0.39 is 0 Å². The van der Waals surface area contributed by atoms with Crippen molar-refractivity contribution >= 4 is 29.1 Å². The molecule has 1 aromatic rings. The lowest BCUT2D eigenvalue weighted by Crippen LogP contribution is -2.23. The molecule has 1 aromatic heterocycles. The molecule has 0 saturated heterocycles. The maximum atomic E-state index is 11.4. The Morgan fingerprint density at radius 2 is 2.07 bits per heavy atom. The van der Waals surface area contributed by atoms with Gasteiger partial charge in [-0.1, -0.05) is 29.3 Å². The van der Waals surface area contributed by atoms with Gasteiger partial charge < -0.3 is 5.32 Å². The first-order chi connectivity index (χ1) is 6.63. The maximum Gasteiger partial charge on any atom is 0.251 e. The van der Waals surface area contributed by atoms with Gasteiger partial charge in [0.15, 0.2) is 0 Å². The molecule has 74 valence electrons. The van der Waals surface area contributed by atoms with Crippen LogP contribution in [0.5, 0.6) is 0 Å². The summed E-state index contributed by atoms with van der Waals surface area (Å²) in [7, 11) is 0. The third kappa shape index (κ3) is 3.01. The van der Waals surface area contributed by atoms with Crippen LogP contribution in [0.1, 0.15) is 10.4 Å². The summed E-state index contributed by atoms with van der Waals surface area (Å²) in [5, 5.41) is 2.99. The van der Waals surface area contributed by atoms with Crippen LogP contribution in [-0.4, -0.2) is 17.4 Å². The summed E-state index contributed by atoms with van der Waals surface area (Å²) in [6, 6.07) is 2.90. The zero-order valence-electron chi connectivity index (χ0n) is 7.26. The minimum absolute atomic E-state index is 0.196. The molecule has 5 heteroatoms. The van der Waals surface area contributed by atoms with Crippen molar-refractivity contribution in [3.63, 3.8) is 0 Å². The Hall–Kier alpha value is -1.06. The number of rotatable bonds is 3. The molecule has 0 fully saturated rings. The summed E-state index contributed by atoms with van der Waals surface area (Å²) >= 11 is 11.3. The summed E-state index contributed by atoms with van der Waals surface area (Å²) in [4.78, 5) is 15.1. The van der Waals surface area contributed by atoms with Crippen LogP contribution in [-0.2, 0) is 0 Å². The summed E-state index contributed by atoms with van der Waals surface area (Å²) in [5.41, 5.74) is 0.386. The summed E-state index contributed by atoms with van der Waals surface area (Å²) in [6.45, 7) is 3.88. The Morgan fingerprint density at radius 1 is 1.50 bits per heavy atom. The SMILES string of the molecule is C=CCNC(=O)c1cc(Cl)nc(Cl)c1. The van der Waals surface area contributed by atoms with E-state index in [1.165, 1.54) is 12.1 Å². The summed E-state index contributed by atoms with van der Waals surface area (Å²) < 4.78 is 0. The van der Waals surface area contributed by atoms with Gasteiger partial charge in [-0.2, -0.15) is 0 Å². The second-order valence-electron chi connectivity index (χ2n) is 2.50. The third-order valence-corrected chi connectivity index (χ3v) is 1.82. The van der Waals surface area contributed by atoms with Gasteiger partial charge in [-0.15, -0.1) is 6.58 Å². The van der Waals surface area contributed by atoms with Gasteiger partial charge in [0.25, 0.3) is 5.91 Å². The van der Waals surface area contributed by atoms with Crippen molar-refractivity contribution in [2.24, 2.45) is 0 Å². The number of halogens is 2. The minimum Gasteiger partial charge on any atom is -0.349 e. The fraction of sp³-hybridized carbons (Fsp3) is 0.111. The second-order valence-corrected chi connectivity index (χ2v) is 3.27. The molecule has 0 atom stereocenters. The molecule has 0 aliphatic carbocycles. The molecular formula is C9H8Cl2N2O. The second kappa shape index (κ2) is 4.98. The van der Waals surface area contributed by atoms with E-state index in [1.807, 2.05) is 0 Å². The molecule has 0 radical (unpaired) electrons. The lowest BCUT2D eigenvalue weighted by Gasteiger charge is -2.02. The molecule has 0 aromatic carbocycles. The van der Waals surface area contributed by atoms with E-state index in [4.69, 9.17) is 23.2 Å². The number of nitrogens with one attached hydrogen (secondary N) is 1. The Morgan fingerprint density at radius 3 is 2.57 bits per heavy atom. The number of amides is 1. The van der Waals surface area contributed by atoms with E-state index in [0.717, 1.165) is 0 Å². The van der Waals surface area contributed by atoms with Crippen molar-refractivity contribution in [3.05, 3.63) is 40.7 Å². The van der Waals surface area contributed by atoms with Crippen LogP contribution in [0.25, 0.3) is 0 Å². The Balaban J connectivity index is 2.84. The molecular weight excluding hydrogens is 223 g/mol. The first-order valence-electron chi connectivity index (χ1n) is 3.85. The molecule has 0 aliphatic rings. The Labute approximate surface area is 91.7 Å². The highest BCUT2D eigenvalue weighted by Gasteiger charge is 2.06. The number of aromatic nitrogens is 1. The van der Waals surface area contributed by atoms with Crippen LogP contribution >= 0.6 is 23.2 Å². The number of pyridine rings is 1. The van der Waals surface area contributed by atoms with E-state index in [-0.39, 0.29) is 16.2 Å². The Bertz CT molecular complexity index is 346. The number of hydrogen-bond acceptors (Lipinski definition) is 2. The van der Waals surface area contributed by atoms with E-state index in [9.17, 15) is 4.79 Å². The van der Waals surface area contributed by atoms with Crippen LogP contribution in [0.15, 0.2) is 24.8 Å². The molecule has 1 rings (SSSR count). The van der Waals surface area contributed by atoms with Crippen molar-refractivity contribution in [2.75, 3.05) is 6.54 Å². The van der Waals surface area contributed by atoms with Crippen LogP contribution in [0.4, 0.5) is 0 Å². The van der Waals surface area contributed by atoms with Gasteiger partial charge in [-0.05, 0) is 12.1 Å². The van der Waals surface area contributed by atoms with Gasteiger partial charge in [0.1, 0.15) is 10.3 Å². The van der Waals surface area contributed by atoms with Crippen LogP contribution in [0.3, 0.4) is 0 Å². The lowest BCUT2D eigenvalue weighted by molar-refractivity contribution is 0.0958. The molecule has 0 saturated carbocycles. The highest BCUT2D eigenvalue weighted by atomic mass is 35.5. The van der Waals surface area contributed by atoms with E-state index >= 15 is 0 Å². The van der Waals surface area contributed by atoms with E-state index in [1.54, 1.807) is 6.08 Å². The van der Waals surface area contributed by atoms with Crippen LogP contribution in [0, 0.1) is 0 Å². The third-order valence-electron chi connectivity index (χ3n) is 1.43. The predicted molar refractivity (Wildman–Crippen MR) is 56.8 cm³/mol. The fourth-order valence-corrected chi connectivity index (χ4v) is 1.32.